The van der Waals surface area contributed by atoms with Crippen LogP contribution in [0.3, 0.4) is 0 Å². The summed E-state index contributed by atoms with van der Waals surface area (Å²) in [6.45, 7) is 2.00. The number of hydrogen-bond acceptors (Lipinski definition) is 5. The highest BCUT2D eigenvalue weighted by Gasteiger charge is 2.22. The lowest BCUT2D eigenvalue weighted by molar-refractivity contribution is 0.324. The van der Waals surface area contributed by atoms with Crippen LogP contribution in [-0.2, 0) is 6.54 Å². The molecule has 0 spiro atoms. The third-order valence-electron chi connectivity index (χ3n) is 7.01. The fourth-order valence-corrected chi connectivity index (χ4v) is 5.03. The first-order chi connectivity index (χ1) is 17.2. The molecule has 1 saturated carbocycles. The van der Waals surface area contributed by atoms with Gasteiger partial charge in [0.15, 0.2) is 0 Å². The number of hydrogen-bond donors (Lipinski definition) is 2. The van der Waals surface area contributed by atoms with Crippen molar-refractivity contribution in [1.82, 2.24) is 15.3 Å². The summed E-state index contributed by atoms with van der Waals surface area (Å²) >= 11 is 0. The normalized spacial score (nSPS) is 17.9. The number of anilines is 2. The highest BCUT2D eigenvalue weighted by atomic mass is 15.2. The summed E-state index contributed by atoms with van der Waals surface area (Å²) in [6.07, 6.45) is 4.77. The topological polar surface area (TPSA) is 53.1 Å². The Morgan fingerprint density at radius 2 is 1.46 bits per heavy atom. The lowest BCUT2D eigenvalue weighted by atomic mass is 9.86. The van der Waals surface area contributed by atoms with E-state index in [1.165, 1.54) is 29.5 Å². The van der Waals surface area contributed by atoms with Crippen LogP contribution in [0.4, 0.5) is 11.8 Å². The van der Waals surface area contributed by atoms with E-state index in [1.54, 1.807) is 0 Å². The first-order valence-electron chi connectivity index (χ1n) is 12.7. The third-order valence-corrected chi connectivity index (χ3v) is 7.01. The van der Waals surface area contributed by atoms with Crippen LogP contribution in [-0.4, -0.2) is 36.6 Å². The van der Waals surface area contributed by atoms with E-state index in [0.717, 1.165) is 54.5 Å². The van der Waals surface area contributed by atoms with Crippen molar-refractivity contribution in [2.24, 2.45) is 5.92 Å². The molecule has 35 heavy (non-hydrogen) atoms. The third kappa shape index (κ3) is 5.80. The van der Waals surface area contributed by atoms with E-state index in [1.807, 2.05) is 26.2 Å². The van der Waals surface area contributed by atoms with E-state index in [-0.39, 0.29) is 0 Å². The van der Waals surface area contributed by atoms with E-state index in [0.29, 0.717) is 6.04 Å². The van der Waals surface area contributed by atoms with Crippen molar-refractivity contribution in [3.05, 3.63) is 84.4 Å². The molecule has 1 fully saturated rings. The second kappa shape index (κ2) is 10.9. The molecule has 0 saturated heterocycles. The summed E-state index contributed by atoms with van der Waals surface area (Å²) < 4.78 is 0. The lowest BCUT2D eigenvalue weighted by Crippen LogP contribution is -2.31. The molecule has 0 radical (unpaired) electrons. The number of rotatable bonds is 8. The molecule has 0 aliphatic heterocycles. The Morgan fingerprint density at radius 1 is 0.771 bits per heavy atom. The number of aromatic nitrogens is 2. The molecule has 1 aliphatic rings. The SMILES string of the molecule is CN(C)c1nc(NC2CCC(CNCc3ccc(-c4ccccc4)cc3)CC2)nc2ccccc12. The fourth-order valence-electron chi connectivity index (χ4n) is 5.03. The fraction of sp³-hybridized carbons (Fsp3) is 0.333. The molecule has 5 nitrogen and oxygen atoms in total. The monoisotopic (exact) mass is 465 g/mol. The van der Waals surface area contributed by atoms with Gasteiger partial charge >= 0.3 is 0 Å². The predicted octanol–water partition coefficient (Wildman–Crippen LogP) is 6.12. The van der Waals surface area contributed by atoms with E-state index in [9.17, 15) is 0 Å². The second-order valence-corrected chi connectivity index (χ2v) is 9.84. The Morgan fingerprint density at radius 3 is 2.20 bits per heavy atom. The summed E-state index contributed by atoms with van der Waals surface area (Å²) in [5.74, 6) is 2.44. The van der Waals surface area contributed by atoms with Crippen LogP contribution in [0.1, 0.15) is 31.2 Å². The van der Waals surface area contributed by atoms with Gasteiger partial charge in [-0.05, 0) is 67.0 Å². The molecular weight excluding hydrogens is 430 g/mol. The average Bonchev–Trinajstić information content (AvgIpc) is 2.90. The zero-order chi connectivity index (χ0) is 24.0. The van der Waals surface area contributed by atoms with Gasteiger partial charge in [0.1, 0.15) is 5.82 Å². The Labute approximate surface area is 208 Å². The number of benzene rings is 3. The van der Waals surface area contributed by atoms with Crippen LogP contribution in [0.2, 0.25) is 0 Å². The first-order valence-corrected chi connectivity index (χ1v) is 12.7. The molecule has 4 aromatic rings. The molecule has 5 heteroatoms. The van der Waals surface area contributed by atoms with Gasteiger partial charge in [0.05, 0.1) is 5.52 Å². The van der Waals surface area contributed by atoms with Crippen molar-refractivity contribution in [2.75, 3.05) is 30.9 Å². The highest BCUT2D eigenvalue weighted by molar-refractivity contribution is 5.90. The Balaban J connectivity index is 1.09. The van der Waals surface area contributed by atoms with Gasteiger partial charge < -0.3 is 15.5 Å². The molecule has 3 aromatic carbocycles. The first kappa shape index (κ1) is 23.3. The van der Waals surface area contributed by atoms with E-state index in [2.05, 4.69) is 82.3 Å². The molecule has 1 aliphatic carbocycles. The van der Waals surface area contributed by atoms with E-state index >= 15 is 0 Å². The van der Waals surface area contributed by atoms with Crippen LogP contribution in [0, 0.1) is 5.92 Å². The Hall–Kier alpha value is -3.44. The molecule has 0 amide bonds. The predicted molar refractivity (Wildman–Crippen MR) is 147 cm³/mol. The maximum Gasteiger partial charge on any atom is 0.225 e. The minimum absolute atomic E-state index is 0.438. The number of para-hydroxylation sites is 1. The standard InChI is InChI=1S/C30H35N5/c1-35(2)29-27-10-6-7-11-28(27)33-30(34-29)32-26-18-14-23(15-19-26)21-31-20-22-12-16-25(17-13-22)24-8-4-3-5-9-24/h3-13,16-17,23,26,31H,14-15,18-21H2,1-2H3,(H,32,33,34). The Kier molecular flexibility index (Phi) is 7.24. The van der Waals surface area contributed by atoms with Gasteiger partial charge in [-0.1, -0.05) is 66.7 Å². The second-order valence-electron chi connectivity index (χ2n) is 9.84. The molecule has 2 N–H and O–H groups in total. The number of fused-ring (bicyclic) bond motifs is 1. The van der Waals surface area contributed by atoms with Crippen molar-refractivity contribution >= 4 is 22.7 Å². The maximum atomic E-state index is 4.81. The van der Waals surface area contributed by atoms with Gasteiger partial charge in [0.25, 0.3) is 0 Å². The summed E-state index contributed by atoms with van der Waals surface area (Å²) in [5.41, 5.74) is 4.87. The summed E-state index contributed by atoms with van der Waals surface area (Å²) in [7, 11) is 4.07. The van der Waals surface area contributed by atoms with Gasteiger partial charge in [0, 0.05) is 32.1 Å². The van der Waals surface area contributed by atoms with Crippen molar-refractivity contribution in [1.29, 1.82) is 0 Å². The summed E-state index contributed by atoms with van der Waals surface area (Å²) in [4.78, 5) is 11.7. The van der Waals surface area contributed by atoms with Crippen molar-refractivity contribution in [2.45, 2.75) is 38.3 Å². The summed E-state index contributed by atoms with van der Waals surface area (Å²) in [5, 5.41) is 8.40. The quantitative estimate of drug-likeness (QED) is 0.328. The minimum Gasteiger partial charge on any atom is -0.362 e. The van der Waals surface area contributed by atoms with Gasteiger partial charge in [-0.15, -0.1) is 0 Å². The molecular formula is C30H35N5. The van der Waals surface area contributed by atoms with Gasteiger partial charge in [-0.3, -0.25) is 0 Å². The largest absolute Gasteiger partial charge is 0.362 e. The van der Waals surface area contributed by atoms with Crippen LogP contribution < -0.4 is 15.5 Å². The molecule has 1 heterocycles. The zero-order valence-electron chi connectivity index (χ0n) is 20.7. The Bertz CT molecular complexity index is 1230. The van der Waals surface area contributed by atoms with E-state index in [4.69, 9.17) is 9.97 Å². The maximum absolute atomic E-state index is 4.81. The molecule has 0 atom stereocenters. The molecule has 0 unspecified atom stereocenters. The minimum atomic E-state index is 0.438. The van der Waals surface area contributed by atoms with Gasteiger partial charge in [0.2, 0.25) is 5.95 Å². The average molecular weight is 466 g/mol. The van der Waals surface area contributed by atoms with E-state index < -0.39 is 0 Å². The number of nitrogens with one attached hydrogen (secondary N) is 2. The van der Waals surface area contributed by atoms with Gasteiger partial charge in [-0.25, -0.2) is 4.98 Å². The highest BCUT2D eigenvalue weighted by Crippen LogP contribution is 2.28. The summed E-state index contributed by atoms with van der Waals surface area (Å²) in [6, 6.07) is 28.1. The van der Waals surface area contributed by atoms with Crippen LogP contribution in [0.5, 0.6) is 0 Å². The van der Waals surface area contributed by atoms with Crippen molar-refractivity contribution in [3.8, 4) is 11.1 Å². The lowest BCUT2D eigenvalue weighted by Gasteiger charge is -2.29. The van der Waals surface area contributed by atoms with Gasteiger partial charge in [-0.2, -0.15) is 4.98 Å². The van der Waals surface area contributed by atoms with Crippen molar-refractivity contribution < 1.29 is 0 Å². The van der Waals surface area contributed by atoms with Crippen LogP contribution in [0.15, 0.2) is 78.9 Å². The molecule has 1 aromatic heterocycles. The number of nitrogens with zero attached hydrogens (tertiary/aromatic N) is 3. The van der Waals surface area contributed by atoms with Crippen LogP contribution in [0.25, 0.3) is 22.0 Å². The molecule has 5 rings (SSSR count). The molecule has 0 bridgehead atoms. The zero-order valence-corrected chi connectivity index (χ0v) is 20.7. The van der Waals surface area contributed by atoms with Crippen molar-refractivity contribution in [3.63, 3.8) is 0 Å². The van der Waals surface area contributed by atoms with Crippen LogP contribution >= 0.6 is 0 Å². The molecule has 180 valence electrons. The smallest absolute Gasteiger partial charge is 0.225 e.